The summed E-state index contributed by atoms with van der Waals surface area (Å²) in [5, 5.41) is 15.8. The molecule has 2 N–H and O–H groups in total. The minimum absolute atomic E-state index is 0.331. The first kappa shape index (κ1) is 5.88. The Morgan fingerprint density at radius 1 is 1.67 bits per heavy atom. The van der Waals surface area contributed by atoms with Crippen LogP contribution in [-0.2, 0) is 4.74 Å². The molecule has 0 amide bonds. The number of aliphatic hydroxyl groups excluding tert-OH is 1. The Kier molecular flexibility index (Phi) is 3.02. The van der Waals surface area contributed by atoms with E-state index in [-0.39, 0.29) is 0 Å². The summed E-state index contributed by atoms with van der Waals surface area (Å²) in [7, 11) is 0. The summed E-state index contributed by atoms with van der Waals surface area (Å²) in [4.78, 5) is 0. The van der Waals surface area contributed by atoms with Crippen molar-refractivity contribution in [3.05, 3.63) is 0 Å². The van der Waals surface area contributed by atoms with E-state index < -0.39 is 6.48 Å². The maximum Gasteiger partial charge on any atom is 0.266 e. The van der Waals surface area contributed by atoms with Crippen LogP contribution in [0.1, 0.15) is 6.92 Å². The largest absolute Gasteiger partial charge is 0.346 e. The Labute approximate surface area is 36.2 Å². The number of aliphatic hydroxyl groups is 2. The average Bonchev–Trinajstić information content (AvgIpc) is 1.35. The molecule has 0 radical (unpaired) electrons. The normalized spacial score (nSPS) is 10.0. The Morgan fingerprint density at radius 3 is 2.17 bits per heavy atom. The fourth-order valence-electron chi connectivity index (χ4n) is 0.149. The van der Waals surface area contributed by atoms with Crippen molar-refractivity contribution in [3.63, 3.8) is 0 Å². The minimum Gasteiger partial charge on any atom is -0.346 e. The first-order valence-electron chi connectivity index (χ1n) is 1.75. The molecule has 0 aliphatic rings. The van der Waals surface area contributed by atoms with Crippen molar-refractivity contribution < 1.29 is 14.9 Å². The molecule has 38 valence electrons. The van der Waals surface area contributed by atoms with Crippen LogP contribution < -0.4 is 0 Å². The number of rotatable bonds is 2. The maximum absolute atomic E-state index is 7.89. The molecule has 0 aromatic carbocycles. The molecular weight excluding hydrogens is 84.0 g/mol. The number of hydrogen-bond acceptors (Lipinski definition) is 3. The van der Waals surface area contributed by atoms with Gasteiger partial charge in [0.05, 0.1) is 0 Å². The van der Waals surface area contributed by atoms with Gasteiger partial charge in [-0.25, -0.2) is 0 Å². The van der Waals surface area contributed by atoms with Crippen LogP contribution in [0.15, 0.2) is 0 Å². The SMILES string of the molecule is CCOC(O)O. The van der Waals surface area contributed by atoms with Crippen molar-refractivity contribution in [1.82, 2.24) is 0 Å². The first-order chi connectivity index (χ1) is 2.77. The second-order valence-corrected chi connectivity index (χ2v) is 0.782. The van der Waals surface area contributed by atoms with E-state index in [9.17, 15) is 0 Å². The monoisotopic (exact) mass is 92.0 g/mol. The molecule has 0 heterocycles. The van der Waals surface area contributed by atoms with Crippen LogP contribution in [0.4, 0.5) is 0 Å². The molecule has 0 fully saturated rings. The van der Waals surface area contributed by atoms with E-state index in [0.29, 0.717) is 6.61 Å². The molecule has 0 aromatic rings. The molecule has 0 unspecified atom stereocenters. The van der Waals surface area contributed by atoms with Gasteiger partial charge in [-0.3, -0.25) is 0 Å². The molecule has 0 aromatic heterocycles. The van der Waals surface area contributed by atoms with Crippen LogP contribution in [0.25, 0.3) is 0 Å². The highest BCUT2D eigenvalue weighted by atomic mass is 16.7. The summed E-state index contributed by atoms with van der Waals surface area (Å²) in [6, 6.07) is 0. The smallest absolute Gasteiger partial charge is 0.266 e. The van der Waals surface area contributed by atoms with Gasteiger partial charge >= 0.3 is 0 Å². The van der Waals surface area contributed by atoms with Crippen molar-refractivity contribution in [2.24, 2.45) is 0 Å². The predicted molar refractivity (Wildman–Crippen MR) is 19.9 cm³/mol. The fraction of sp³-hybridized carbons (Fsp3) is 1.00. The Bertz CT molecular complexity index is 27.2. The summed E-state index contributed by atoms with van der Waals surface area (Å²) >= 11 is 0. The standard InChI is InChI=1S/C3H8O3/c1-2-6-3(4)5/h3-5H,2H2,1H3. The zero-order valence-electron chi connectivity index (χ0n) is 3.59. The van der Waals surface area contributed by atoms with Gasteiger partial charge < -0.3 is 14.9 Å². The van der Waals surface area contributed by atoms with Crippen molar-refractivity contribution >= 4 is 0 Å². The quantitative estimate of drug-likeness (QED) is 0.442. The van der Waals surface area contributed by atoms with E-state index in [2.05, 4.69) is 4.74 Å². The van der Waals surface area contributed by atoms with Gasteiger partial charge in [-0.2, -0.15) is 0 Å². The van der Waals surface area contributed by atoms with Gasteiger partial charge in [-0.15, -0.1) is 0 Å². The summed E-state index contributed by atoms with van der Waals surface area (Å²) in [6.07, 6.45) is 0. The minimum atomic E-state index is -1.60. The van der Waals surface area contributed by atoms with E-state index in [0.717, 1.165) is 0 Å². The first-order valence-corrected chi connectivity index (χ1v) is 1.75. The van der Waals surface area contributed by atoms with Crippen molar-refractivity contribution in [2.45, 2.75) is 13.4 Å². The zero-order valence-corrected chi connectivity index (χ0v) is 3.59. The van der Waals surface area contributed by atoms with Crippen LogP contribution in [0.5, 0.6) is 0 Å². The summed E-state index contributed by atoms with van der Waals surface area (Å²) in [5.74, 6) is 0. The third-order valence-electron chi connectivity index (χ3n) is 0.316. The molecule has 0 atom stereocenters. The summed E-state index contributed by atoms with van der Waals surface area (Å²) < 4.78 is 4.15. The van der Waals surface area contributed by atoms with Gasteiger partial charge in [0, 0.05) is 6.61 Å². The fourth-order valence-corrected chi connectivity index (χ4v) is 0.149. The maximum atomic E-state index is 7.89. The molecular formula is C3H8O3. The average molecular weight is 92.1 g/mol. The summed E-state index contributed by atoms with van der Waals surface area (Å²) in [5.41, 5.74) is 0. The number of ether oxygens (including phenoxy) is 1. The van der Waals surface area contributed by atoms with Gasteiger partial charge in [0.15, 0.2) is 0 Å². The van der Waals surface area contributed by atoms with Crippen LogP contribution in [-0.4, -0.2) is 23.3 Å². The number of hydrogen-bond donors (Lipinski definition) is 2. The Balaban J connectivity index is 2.63. The molecule has 0 spiro atoms. The molecule has 0 aliphatic heterocycles. The topological polar surface area (TPSA) is 49.7 Å². The van der Waals surface area contributed by atoms with Crippen molar-refractivity contribution in [3.8, 4) is 0 Å². The highest BCUT2D eigenvalue weighted by Crippen LogP contribution is 1.74. The molecule has 6 heavy (non-hydrogen) atoms. The highest BCUT2D eigenvalue weighted by molar-refractivity contribution is 4.05. The summed E-state index contributed by atoms with van der Waals surface area (Å²) in [6.45, 7) is 0.409. The van der Waals surface area contributed by atoms with Gasteiger partial charge in [0.25, 0.3) is 6.48 Å². The van der Waals surface area contributed by atoms with Crippen LogP contribution in [0.2, 0.25) is 0 Å². The van der Waals surface area contributed by atoms with E-state index in [1.807, 2.05) is 0 Å². The second kappa shape index (κ2) is 3.08. The molecule has 0 aliphatic carbocycles. The Morgan fingerprint density at radius 2 is 2.17 bits per heavy atom. The third-order valence-corrected chi connectivity index (χ3v) is 0.316. The van der Waals surface area contributed by atoms with Crippen molar-refractivity contribution in [2.75, 3.05) is 6.61 Å². The van der Waals surface area contributed by atoms with Crippen LogP contribution in [0, 0.1) is 0 Å². The predicted octanol–water partition coefficient (Wildman–Crippen LogP) is -0.709. The lowest BCUT2D eigenvalue weighted by molar-refractivity contribution is -0.231. The van der Waals surface area contributed by atoms with Crippen LogP contribution >= 0.6 is 0 Å². The second-order valence-electron chi connectivity index (χ2n) is 0.782. The molecule has 0 bridgehead atoms. The van der Waals surface area contributed by atoms with Gasteiger partial charge in [0.1, 0.15) is 0 Å². The van der Waals surface area contributed by atoms with E-state index in [1.165, 1.54) is 0 Å². The third kappa shape index (κ3) is 3.88. The molecule has 0 saturated heterocycles. The van der Waals surface area contributed by atoms with Gasteiger partial charge in [0.2, 0.25) is 0 Å². The molecule has 0 rings (SSSR count). The van der Waals surface area contributed by atoms with Crippen molar-refractivity contribution in [1.29, 1.82) is 0 Å². The lowest BCUT2D eigenvalue weighted by atomic mass is 10.9. The lowest BCUT2D eigenvalue weighted by Crippen LogP contribution is -2.08. The van der Waals surface area contributed by atoms with E-state index in [1.54, 1.807) is 6.92 Å². The highest BCUT2D eigenvalue weighted by Gasteiger charge is 1.87. The van der Waals surface area contributed by atoms with Gasteiger partial charge in [-0.1, -0.05) is 0 Å². The van der Waals surface area contributed by atoms with E-state index >= 15 is 0 Å². The molecule has 3 nitrogen and oxygen atoms in total. The molecule has 0 saturated carbocycles. The molecule has 3 heteroatoms. The van der Waals surface area contributed by atoms with Crippen LogP contribution in [0.3, 0.4) is 0 Å². The van der Waals surface area contributed by atoms with Gasteiger partial charge in [-0.05, 0) is 6.92 Å². The van der Waals surface area contributed by atoms with E-state index in [4.69, 9.17) is 10.2 Å². The Hall–Kier alpha value is -0.120. The zero-order chi connectivity index (χ0) is 4.99. The lowest BCUT2D eigenvalue weighted by Gasteiger charge is -1.98.